The highest BCUT2D eigenvalue weighted by Gasteiger charge is 2.50. The van der Waals surface area contributed by atoms with E-state index in [0.717, 1.165) is 25.9 Å². The van der Waals surface area contributed by atoms with E-state index in [1.54, 1.807) is 12.1 Å². The van der Waals surface area contributed by atoms with Crippen LogP contribution in [0, 0.1) is 11.7 Å². The van der Waals surface area contributed by atoms with Gasteiger partial charge >= 0.3 is 0 Å². The second-order valence-corrected chi connectivity index (χ2v) is 14.3. The number of rotatable bonds is 6. The first kappa shape index (κ1) is 23.5. The number of anilines is 1. The Labute approximate surface area is 198 Å². The molecule has 4 rings (SSSR count). The lowest BCUT2D eigenvalue weighted by Crippen LogP contribution is -2.67. The Morgan fingerprint density at radius 3 is 1.94 bits per heavy atom. The molecule has 0 atom stereocenters. The van der Waals surface area contributed by atoms with Crippen LogP contribution in [-0.4, -0.2) is 33.1 Å². The second-order valence-electron chi connectivity index (χ2n) is 10.0. The summed E-state index contributed by atoms with van der Waals surface area (Å²) in [5.74, 6) is 0.0323. The molecule has 0 saturated carbocycles. The Morgan fingerprint density at radius 1 is 0.909 bits per heavy atom. The number of benzene rings is 3. The number of hydrogen-bond acceptors (Lipinski definition) is 3. The molecule has 174 valence electrons. The van der Waals surface area contributed by atoms with Crippen LogP contribution < -0.4 is 15.3 Å². The summed E-state index contributed by atoms with van der Waals surface area (Å²) in [6.07, 6.45) is 1.91. The van der Waals surface area contributed by atoms with Crippen molar-refractivity contribution in [2.24, 2.45) is 5.92 Å². The van der Waals surface area contributed by atoms with Gasteiger partial charge in [0.25, 0.3) is 8.32 Å². The maximum atomic E-state index is 14.3. The van der Waals surface area contributed by atoms with Gasteiger partial charge in [0.1, 0.15) is 11.6 Å². The molecule has 0 spiro atoms. The van der Waals surface area contributed by atoms with Crippen molar-refractivity contribution in [2.45, 2.75) is 38.7 Å². The van der Waals surface area contributed by atoms with E-state index in [-0.39, 0.29) is 16.6 Å². The van der Waals surface area contributed by atoms with Crippen LogP contribution >= 0.6 is 0 Å². The van der Waals surface area contributed by atoms with E-state index in [2.05, 4.69) is 86.3 Å². The lowest BCUT2D eigenvalue weighted by Gasteiger charge is -2.44. The first-order valence-electron chi connectivity index (χ1n) is 11.8. The molecule has 33 heavy (non-hydrogen) atoms. The second kappa shape index (κ2) is 9.70. The third kappa shape index (κ3) is 4.85. The van der Waals surface area contributed by atoms with Gasteiger partial charge in [0.15, 0.2) is 0 Å². The summed E-state index contributed by atoms with van der Waals surface area (Å²) in [4.78, 5) is 2.08. The molecule has 3 aromatic carbocycles. The van der Waals surface area contributed by atoms with Gasteiger partial charge in [0, 0.05) is 25.8 Å². The van der Waals surface area contributed by atoms with Crippen LogP contribution in [0.1, 0.15) is 33.6 Å². The van der Waals surface area contributed by atoms with Gasteiger partial charge in [0.2, 0.25) is 0 Å². The number of hydrogen-bond donors (Lipinski definition) is 1. The summed E-state index contributed by atoms with van der Waals surface area (Å²) in [7, 11) is -2.53. The minimum atomic E-state index is -2.53. The molecule has 5 heteroatoms. The zero-order valence-electron chi connectivity index (χ0n) is 19.8. The van der Waals surface area contributed by atoms with E-state index in [9.17, 15) is 9.50 Å². The van der Waals surface area contributed by atoms with Crippen molar-refractivity contribution in [3.63, 3.8) is 0 Å². The standard InChI is InChI=1S/C28H34FNO2Si/c1-28(2,3)33(24-10-6-4-7-11-24,25-12-8-5-9-13-25)32-21-22-16-18-30(19-17-22)27-15-14-23(31)20-26(27)29/h4-15,20,22,31H,16-19,21H2,1-3H3. The minimum Gasteiger partial charge on any atom is -0.508 e. The van der Waals surface area contributed by atoms with Gasteiger partial charge < -0.3 is 14.4 Å². The first-order chi connectivity index (χ1) is 15.8. The Balaban J connectivity index is 1.54. The van der Waals surface area contributed by atoms with Crippen LogP contribution in [0.5, 0.6) is 5.75 Å². The maximum Gasteiger partial charge on any atom is 0.261 e. The predicted octanol–water partition coefficient (Wildman–Crippen LogP) is 5.32. The fourth-order valence-corrected chi connectivity index (χ4v) is 9.74. The lowest BCUT2D eigenvalue weighted by atomic mass is 9.97. The van der Waals surface area contributed by atoms with Crippen LogP contribution in [0.15, 0.2) is 78.9 Å². The van der Waals surface area contributed by atoms with E-state index >= 15 is 0 Å². The average molecular weight is 464 g/mol. The molecule has 3 aromatic rings. The molecule has 1 N–H and O–H groups in total. The Hall–Kier alpha value is -2.63. The van der Waals surface area contributed by atoms with Gasteiger partial charge in [-0.25, -0.2) is 4.39 Å². The fraction of sp³-hybridized carbons (Fsp3) is 0.357. The SMILES string of the molecule is CC(C)(C)[Si](OCC1CCN(c2ccc(O)cc2F)CC1)(c1ccccc1)c1ccccc1. The molecule has 0 unspecified atom stereocenters. The van der Waals surface area contributed by atoms with Crippen LogP contribution in [0.4, 0.5) is 10.1 Å². The van der Waals surface area contributed by atoms with Crippen molar-refractivity contribution in [1.82, 2.24) is 0 Å². The van der Waals surface area contributed by atoms with E-state index < -0.39 is 8.32 Å². The topological polar surface area (TPSA) is 32.7 Å². The molecule has 0 amide bonds. The fourth-order valence-electron chi connectivity index (χ4n) is 5.10. The van der Waals surface area contributed by atoms with Gasteiger partial charge in [-0.2, -0.15) is 0 Å². The number of aromatic hydroxyl groups is 1. The highest BCUT2D eigenvalue weighted by Crippen LogP contribution is 2.37. The molecule has 0 radical (unpaired) electrons. The van der Waals surface area contributed by atoms with E-state index in [1.165, 1.54) is 16.4 Å². The summed E-state index contributed by atoms with van der Waals surface area (Å²) in [5, 5.41) is 12.1. The molecular weight excluding hydrogens is 429 g/mol. The van der Waals surface area contributed by atoms with Crippen molar-refractivity contribution in [3.8, 4) is 5.75 Å². The highest BCUT2D eigenvalue weighted by molar-refractivity contribution is 6.99. The number of phenols is 1. The van der Waals surface area contributed by atoms with Gasteiger partial charge in [0.05, 0.1) is 5.69 Å². The Morgan fingerprint density at radius 2 is 1.45 bits per heavy atom. The molecule has 1 saturated heterocycles. The average Bonchev–Trinajstić information content (AvgIpc) is 2.81. The molecule has 1 heterocycles. The van der Waals surface area contributed by atoms with E-state index in [4.69, 9.17) is 4.43 Å². The Kier molecular flexibility index (Phi) is 6.91. The van der Waals surface area contributed by atoms with Crippen LogP contribution in [0.2, 0.25) is 5.04 Å². The first-order valence-corrected chi connectivity index (χ1v) is 13.7. The van der Waals surface area contributed by atoms with Gasteiger partial charge in [-0.15, -0.1) is 0 Å². The highest BCUT2D eigenvalue weighted by atomic mass is 28.4. The Bertz CT molecular complexity index is 1000. The molecule has 1 fully saturated rings. The minimum absolute atomic E-state index is 0.0361. The normalized spacial score (nSPS) is 15.6. The summed E-state index contributed by atoms with van der Waals surface area (Å²) < 4.78 is 21.4. The number of piperidine rings is 1. The molecule has 1 aliphatic rings. The van der Waals surface area contributed by atoms with Crippen LogP contribution in [-0.2, 0) is 4.43 Å². The van der Waals surface area contributed by atoms with Crippen molar-refractivity contribution in [1.29, 1.82) is 0 Å². The van der Waals surface area contributed by atoms with E-state index in [0.29, 0.717) is 18.2 Å². The summed E-state index contributed by atoms with van der Waals surface area (Å²) in [5.41, 5.74) is 0.569. The smallest absolute Gasteiger partial charge is 0.261 e. The van der Waals surface area contributed by atoms with Crippen LogP contribution in [0.3, 0.4) is 0 Å². The van der Waals surface area contributed by atoms with Gasteiger partial charge in [-0.05, 0) is 46.3 Å². The van der Waals surface area contributed by atoms with Crippen LogP contribution in [0.25, 0.3) is 0 Å². The molecule has 0 aromatic heterocycles. The summed E-state index contributed by atoms with van der Waals surface area (Å²) in [6, 6.07) is 25.9. The van der Waals surface area contributed by atoms with Gasteiger partial charge in [-0.3, -0.25) is 0 Å². The molecule has 0 aliphatic carbocycles. The maximum absolute atomic E-state index is 14.3. The van der Waals surface area contributed by atoms with Crippen molar-refractivity contribution in [2.75, 3.05) is 24.6 Å². The third-order valence-corrected chi connectivity index (χ3v) is 11.8. The lowest BCUT2D eigenvalue weighted by molar-refractivity contribution is 0.211. The largest absolute Gasteiger partial charge is 0.508 e. The number of nitrogens with zero attached hydrogens (tertiary/aromatic N) is 1. The van der Waals surface area contributed by atoms with Crippen molar-refractivity contribution >= 4 is 24.4 Å². The predicted molar refractivity (Wildman–Crippen MR) is 137 cm³/mol. The van der Waals surface area contributed by atoms with Gasteiger partial charge in [-0.1, -0.05) is 81.4 Å². The van der Waals surface area contributed by atoms with Crippen molar-refractivity contribution in [3.05, 3.63) is 84.7 Å². The molecule has 0 bridgehead atoms. The zero-order chi connectivity index (χ0) is 23.5. The molecule has 3 nitrogen and oxygen atoms in total. The monoisotopic (exact) mass is 463 g/mol. The van der Waals surface area contributed by atoms with E-state index in [1.807, 2.05) is 0 Å². The number of halogens is 1. The zero-order valence-corrected chi connectivity index (χ0v) is 20.8. The molecule has 1 aliphatic heterocycles. The summed E-state index contributed by atoms with van der Waals surface area (Å²) in [6.45, 7) is 9.19. The third-order valence-electron chi connectivity index (χ3n) is 6.84. The van der Waals surface area contributed by atoms with Crippen molar-refractivity contribution < 1.29 is 13.9 Å². The number of phenolic OH excluding ortho intramolecular Hbond substituents is 1. The summed E-state index contributed by atoms with van der Waals surface area (Å²) >= 11 is 0. The quantitative estimate of drug-likeness (QED) is 0.502. The molecular formula is C28H34FNO2Si.